The van der Waals surface area contributed by atoms with E-state index in [1.165, 1.54) is 25.5 Å². The van der Waals surface area contributed by atoms with Gasteiger partial charge in [-0.15, -0.1) is 0 Å². The van der Waals surface area contributed by atoms with Gasteiger partial charge in [-0.2, -0.15) is 5.10 Å². The van der Waals surface area contributed by atoms with Crippen molar-refractivity contribution in [3.63, 3.8) is 0 Å². The number of aliphatic hydroxyl groups is 1. The molecule has 5 nitrogen and oxygen atoms in total. The van der Waals surface area contributed by atoms with Gasteiger partial charge < -0.3 is 10.8 Å². The first-order valence-corrected chi connectivity index (χ1v) is 8.46. The summed E-state index contributed by atoms with van der Waals surface area (Å²) in [7, 11) is 0. The van der Waals surface area contributed by atoms with E-state index in [4.69, 9.17) is 17.3 Å². The van der Waals surface area contributed by atoms with Crippen molar-refractivity contribution in [3.05, 3.63) is 34.9 Å². The van der Waals surface area contributed by atoms with Crippen LogP contribution in [-0.4, -0.2) is 29.4 Å². The molecule has 126 valence electrons. The van der Waals surface area contributed by atoms with Gasteiger partial charge in [-0.3, -0.25) is 4.79 Å². The van der Waals surface area contributed by atoms with E-state index in [0.717, 1.165) is 18.4 Å². The van der Waals surface area contributed by atoms with E-state index in [-0.39, 0.29) is 0 Å². The van der Waals surface area contributed by atoms with Crippen LogP contribution in [0.2, 0.25) is 5.02 Å². The summed E-state index contributed by atoms with van der Waals surface area (Å²) in [4.78, 5) is 11.9. The average molecular weight is 338 g/mol. The summed E-state index contributed by atoms with van der Waals surface area (Å²) < 4.78 is 0. The number of nitrogens with two attached hydrogens (primary N) is 1. The molecule has 0 saturated heterocycles. The molecule has 0 heterocycles. The van der Waals surface area contributed by atoms with E-state index in [1.807, 2.05) is 0 Å². The minimum Gasteiger partial charge on any atom is -0.382 e. The molecule has 1 saturated carbocycles. The predicted octanol–water partition coefficient (Wildman–Crippen LogP) is 2.45. The van der Waals surface area contributed by atoms with E-state index < -0.39 is 18.1 Å². The van der Waals surface area contributed by atoms with E-state index in [2.05, 4.69) is 10.5 Å². The number of amides is 1. The highest BCUT2D eigenvalue weighted by molar-refractivity contribution is 6.30. The second kappa shape index (κ2) is 9.01. The molecule has 1 unspecified atom stereocenters. The molecule has 4 N–H and O–H groups in total. The first-order valence-electron chi connectivity index (χ1n) is 8.08. The van der Waals surface area contributed by atoms with Crippen LogP contribution in [0, 0.1) is 5.92 Å². The predicted molar refractivity (Wildman–Crippen MR) is 92.4 cm³/mol. The lowest BCUT2D eigenvalue weighted by atomic mass is 9.84. The molecule has 1 aliphatic rings. The number of carbonyl (C=O) groups is 1. The van der Waals surface area contributed by atoms with Crippen LogP contribution in [0.5, 0.6) is 0 Å². The summed E-state index contributed by atoms with van der Waals surface area (Å²) >= 11 is 5.79. The van der Waals surface area contributed by atoms with Crippen LogP contribution in [0.4, 0.5) is 0 Å². The molecule has 1 aromatic carbocycles. The Balaban J connectivity index is 1.78. The fraction of sp³-hybridized carbons (Fsp3) is 0.529. The van der Waals surface area contributed by atoms with Gasteiger partial charge in [0.25, 0.3) is 5.91 Å². The number of halogens is 1. The standard InChI is InChI=1S/C17H24ClN3O2/c18-14-8-6-13(7-9-14)11-20-21-17(23)16(22)15(19)10-12-4-2-1-3-5-12/h6-9,11-12,15-16,22H,1-5,10,19H2,(H,21,23)/t15-,16?/m1/s1. The van der Waals surface area contributed by atoms with Crippen LogP contribution in [0.1, 0.15) is 44.1 Å². The Morgan fingerprint density at radius 2 is 2.00 bits per heavy atom. The zero-order chi connectivity index (χ0) is 16.7. The van der Waals surface area contributed by atoms with Gasteiger partial charge in [-0.05, 0) is 30.0 Å². The molecule has 1 aliphatic carbocycles. The van der Waals surface area contributed by atoms with Crippen LogP contribution in [-0.2, 0) is 4.79 Å². The van der Waals surface area contributed by atoms with E-state index in [9.17, 15) is 9.90 Å². The first kappa shape index (κ1) is 17.9. The second-order valence-corrected chi connectivity index (χ2v) is 6.57. The zero-order valence-electron chi connectivity index (χ0n) is 13.1. The molecule has 0 aliphatic heterocycles. The van der Waals surface area contributed by atoms with E-state index >= 15 is 0 Å². The number of hydrazone groups is 1. The van der Waals surface area contributed by atoms with E-state index in [0.29, 0.717) is 17.4 Å². The Labute approximate surface area is 141 Å². The molecule has 1 fully saturated rings. The maximum absolute atomic E-state index is 11.9. The summed E-state index contributed by atoms with van der Waals surface area (Å²) in [5.41, 5.74) is 9.10. The highest BCUT2D eigenvalue weighted by Crippen LogP contribution is 2.27. The summed E-state index contributed by atoms with van der Waals surface area (Å²) in [6, 6.07) is 6.48. The largest absolute Gasteiger partial charge is 0.382 e. The van der Waals surface area contributed by atoms with Gasteiger partial charge >= 0.3 is 0 Å². The van der Waals surface area contributed by atoms with Crippen LogP contribution < -0.4 is 11.2 Å². The van der Waals surface area contributed by atoms with Gasteiger partial charge in [0.05, 0.1) is 6.21 Å². The van der Waals surface area contributed by atoms with Crippen LogP contribution in [0.25, 0.3) is 0 Å². The SMILES string of the molecule is N[C@H](CC1CCCCC1)C(O)C(=O)NN=Cc1ccc(Cl)cc1. The smallest absolute Gasteiger partial charge is 0.270 e. The number of hydrogen-bond acceptors (Lipinski definition) is 4. The van der Waals surface area contributed by atoms with Crippen LogP contribution in [0.3, 0.4) is 0 Å². The fourth-order valence-electron chi connectivity index (χ4n) is 2.92. The molecule has 2 rings (SSSR count). The van der Waals surface area contributed by atoms with Crippen LogP contribution in [0.15, 0.2) is 29.4 Å². The van der Waals surface area contributed by atoms with Crippen molar-refractivity contribution in [2.75, 3.05) is 0 Å². The molecule has 0 spiro atoms. The number of hydrogen-bond donors (Lipinski definition) is 3. The molecular formula is C17H24ClN3O2. The minimum absolute atomic E-state index is 0.513. The molecule has 1 aromatic rings. The summed E-state index contributed by atoms with van der Waals surface area (Å²) in [6.45, 7) is 0. The molecule has 1 amide bonds. The van der Waals surface area contributed by atoms with Gasteiger partial charge in [0, 0.05) is 11.1 Å². The summed E-state index contributed by atoms with van der Waals surface area (Å²) in [6.07, 6.45) is 6.90. The quantitative estimate of drug-likeness (QED) is 0.550. The molecule has 23 heavy (non-hydrogen) atoms. The van der Waals surface area contributed by atoms with Crippen molar-refractivity contribution < 1.29 is 9.90 Å². The highest BCUT2D eigenvalue weighted by Gasteiger charge is 2.26. The van der Waals surface area contributed by atoms with E-state index in [1.54, 1.807) is 24.3 Å². The first-order chi connectivity index (χ1) is 11.1. The summed E-state index contributed by atoms with van der Waals surface area (Å²) in [5, 5.41) is 14.5. The Bertz CT molecular complexity index is 527. The highest BCUT2D eigenvalue weighted by atomic mass is 35.5. The van der Waals surface area contributed by atoms with Gasteiger partial charge in [0.2, 0.25) is 0 Å². The van der Waals surface area contributed by atoms with Crippen molar-refractivity contribution in [1.82, 2.24) is 5.43 Å². The third-order valence-corrected chi connectivity index (χ3v) is 4.51. The Morgan fingerprint density at radius 1 is 1.35 bits per heavy atom. The van der Waals surface area contributed by atoms with Gasteiger partial charge in [0.1, 0.15) is 6.10 Å². The molecule has 2 atom stereocenters. The molecule has 0 aromatic heterocycles. The number of nitrogens with zero attached hydrogens (tertiary/aromatic N) is 1. The van der Waals surface area contributed by atoms with Gasteiger partial charge in [-0.1, -0.05) is 55.8 Å². The lowest BCUT2D eigenvalue weighted by Crippen LogP contribution is -2.46. The molecular weight excluding hydrogens is 314 g/mol. The third-order valence-electron chi connectivity index (χ3n) is 4.26. The zero-order valence-corrected chi connectivity index (χ0v) is 13.9. The maximum atomic E-state index is 11.9. The lowest BCUT2D eigenvalue weighted by molar-refractivity contribution is -0.130. The normalized spacial score (nSPS) is 18.7. The van der Waals surface area contributed by atoms with Gasteiger partial charge in [0.15, 0.2) is 0 Å². The maximum Gasteiger partial charge on any atom is 0.270 e. The van der Waals surface area contributed by atoms with Gasteiger partial charge in [-0.25, -0.2) is 5.43 Å². The Kier molecular flexibility index (Phi) is 7.02. The van der Waals surface area contributed by atoms with Crippen molar-refractivity contribution >= 4 is 23.7 Å². The lowest BCUT2D eigenvalue weighted by Gasteiger charge is -2.26. The van der Waals surface area contributed by atoms with Crippen molar-refractivity contribution in [2.24, 2.45) is 16.8 Å². The number of nitrogens with one attached hydrogen (secondary N) is 1. The van der Waals surface area contributed by atoms with Crippen molar-refractivity contribution in [2.45, 2.75) is 50.7 Å². The van der Waals surface area contributed by atoms with Crippen molar-refractivity contribution in [3.8, 4) is 0 Å². The second-order valence-electron chi connectivity index (χ2n) is 6.13. The number of benzene rings is 1. The summed E-state index contributed by atoms with van der Waals surface area (Å²) in [5.74, 6) is -0.0581. The third kappa shape index (κ3) is 5.94. The Morgan fingerprint density at radius 3 is 2.65 bits per heavy atom. The number of aliphatic hydroxyl groups excluding tert-OH is 1. The fourth-order valence-corrected chi connectivity index (χ4v) is 3.04. The Hall–Kier alpha value is -1.43. The molecule has 6 heteroatoms. The van der Waals surface area contributed by atoms with Crippen molar-refractivity contribution in [1.29, 1.82) is 0 Å². The number of rotatable bonds is 6. The topological polar surface area (TPSA) is 87.7 Å². The number of carbonyl (C=O) groups excluding carboxylic acids is 1. The monoisotopic (exact) mass is 337 g/mol. The minimum atomic E-state index is -1.24. The van der Waals surface area contributed by atoms with Crippen LogP contribution >= 0.6 is 11.6 Å². The molecule has 0 bridgehead atoms. The average Bonchev–Trinajstić information content (AvgIpc) is 2.56. The molecule has 0 radical (unpaired) electrons.